The number of hydrogen-bond acceptors (Lipinski definition) is 9. The summed E-state index contributed by atoms with van der Waals surface area (Å²) in [6.07, 6.45) is 1.78. The maximum atomic E-state index is 13.8. The molecular formula is C32H29N3O7S. The second-order valence-corrected chi connectivity index (χ2v) is 10.6. The van der Waals surface area contributed by atoms with Crippen LogP contribution in [0.5, 0.6) is 11.5 Å². The van der Waals surface area contributed by atoms with Gasteiger partial charge in [0.15, 0.2) is 4.80 Å². The van der Waals surface area contributed by atoms with Gasteiger partial charge in [-0.15, -0.1) is 0 Å². The Hall–Kier alpha value is -5.03. The van der Waals surface area contributed by atoms with Gasteiger partial charge in [0.2, 0.25) is 0 Å². The number of nitro groups is 1. The van der Waals surface area contributed by atoms with E-state index in [2.05, 4.69) is 4.99 Å². The molecule has 0 fully saturated rings. The van der Waals surface area contributed by atoms with Crippen molar-refractivity contribution in [3.8, 4) is 11.5 Å². The summed E-state index contributed by atoms with van der Waals surface area (Å²) in [5, 5.41) is 10.8. The lowest BCUT2D eigenvalue weighted by Gasteiger charge is -2.24. The van der Waals surface area contributed by atoms with Crippen molar-refractivity contribution in [1.29, 1.82) is 0 Å². The maximum Gasteiger partial charge on any atom is 0.338 e. The maximum absolute atomic E-state index is 13.8. The van der Waals surface area contributed by atoms with Crippen LogP contribution in [0.25, 0.3) is 6.08 Å². The number of thiazole rings is 1. The summed E-state index contributed by atoms with van der Waals surface area (Å²) in [4.78, 5) is 42.4. The summed E-state index contributed by atoms with van der Waals surface area (Å²) in [5.74, 6) is 0.792. The second-order valence-electron chi connectivity index (χ2n) is 9.59. The van der Waals surface area contributed by atoms with E-state index in [-0.39, 0.29) is 24.5 Å². The van der Waals surface area contributed by atoms with Crippen LogP contribution >= 0.6 is 11.3 Å². The Morgan fingerprint density at radius 2 is 1.63 bits per heavy atom. The van der Waals surface area contributed by atoms with E-state index in [0.717, 1.165) is 16.7 Å². The molecule has 2 heterocycles. The molecule has 11 heteroatoms. The molecule has 0 unspecified atom stereocenters. The van der Waals surface area contributed by atoms with E-state index >= 15 is 0 Å². The summed E-state index contributed by atoms with van der Waals surface area (Å²) in [7, 11) is 0. The van der Waals surface area contributed by atoms with Gasteiger partial charge in [-0.2, -0.15) is 0 Å². The largest absolute Gasteiger partial charge is 0.494 e. The normalized spacial score (nSPS) is 14.6. The van der Waals surface area contributed by atoms with E-state index in [9.17, 15) is 19.7 Å². The molecule has 5 rings (SSSR count). The van der Waals surface area contributed by atoms with Crippen LogP contribution < -0.4 is 24.4 Å². The van der Waals surface area contributed by atoms with Crippen LogP contribution in [0.3, 0.4) is 0 Å². The molecule has 220 valence electrons. The molecule has 3 aromatic carbocycles. The highest BCUT2D eigenvalue weighted by Crippen LogP contribution is 2.31. The highest BCUT2D eigenvalue weighted by molar-refractivity contribution is 7.07. The zero-order chi connectivity index (χ0) is 30.5. The molecule has 0 radical (unpaired) electrons. The van der Waals surface area contributed by atoms with Crippen LogP contribution in [0.15, 0.2) is 93.9 Å². The smallest absolute Gasteiger partial charge is 0.338 e. The van der Waals surface area contributed by atoms with Gasteiger partial charge in [0.25, 0.3) is 11.2 Å². The van der Waals surface area contributed by atoms with Crippen molar-refractivity contribution in [3.63, 3.8) is 0 Å². The quantitative estimate of drug-likeness (QED) is 0.147. The molecule has 1 aliphatic rings. The number of nitrogens with zero attached hydrogens (tertiary/aromatic N) is 3. The van der Waals surface area contributed by atoms with Crippen molar-refractivity contribution >= 4 is 29.1 Å². The van der Waals surface area contributed by atoms with Gasteiger partial charge in [0, 0.05) is 12.1 Å². The summed E-state index contributed by atoms with van der Waals surface area (Å²) >= 11 is 1.25. The standard InChI is InChI=1S/C32H29N3O7S/c1-4-40-25-16-10-23(11-17-25)29-28(31(37)41-5-2)20(3)33-32-34(29)30(36)27(43-32)18-21-8-14-26(15-9-21)42-19-22-6-12-24(13-7-22)35(38)39/h6-18,29H,4-5,19H2,1-3H3/b27-18-/t29-/m1/s1. The van der Waals surface area contributed by atoms with Crippen molar-refractivity contribution in [1.82, 2.24) is 4.57 Å². The predicted octanol–water partition coefficient (Wildman–Crippen LogP) is 4.68. The molecular weight excluding hydrogens is 570 g/mol. The van der Waals surface area contributed by atoms with Crippen molar-refractivity contribution in [3.05, 3.63) is 131 Å². The van der Waals surface area contributed by atoms with Gasteiger partial charge in [-0.1, -0.05) is 35.6 Å². The van der Waals surface area contributed by atoms with Crippen LogP contribution in [0.2, 0.25) is 0 Å². The average molecular weight is 600 g/mol. The monoisotopic (exact) mass is 599 g/mol. The van der Waals surface area contributed by atoms with E-state index < -0.39 is 16.9 Å². The second kappa shape index (κ2) is 12.9. The SMILES string of the molecule is CCOC(=O)C1=C(C)N=c2s/c(=C\c3ccc(OCc4ccc([N+](=O)[O-])cc4)cc3)c(=O)n2[C@@H]1c1ccc(OCC)cc1. The number of non-ortho nitro benzene ring substituents is 1. The molecule has 0 saturated carbocycles. The number of hydrogen-bond donors (Lipinski definition) is 0. The number of carbonyl (C=O) groups excluding carboxylic acids is 1. The highest BCUT2D eigenvalue weighted by Gasteiger charge is 2.33. The number of allylic oxidation sites excluding steroid dienone is 1. The van der Waals surface area contributed by atoms with Crippen molar-refractivity contribution < 1.29 is 23.9 Å². The Labute approximate surface area is 251 Å². The first-order valence-corrected chi connectivity index (χ1v) is 14.5. The summed E-state index contributed by atoms with van der Waals surface area (Å²) < 4.78 is 18.8. The van der Waals surface area contributed by atoms with Crippen LogP contribution in [0.4, 0.5) is 5.69 Å². The van der Waals surface area contributed by atoms with Crippen LogP contribution in [-0.2, 0) is 16.1 Å². The third kappa shape index (κ3) is 6.41. The van der Waals surface area contributed by atoms with Crippen LogP contribution in [-0.4, -0.2) is 28.7 Å². The predicted molar refractivity (Wildman–Crippen MR) is 162 cm³/mol. The highest BCUT2D eigenvalue weighted by atomic mass is 32.1. The Bertz CT molecular complexity index is 1860. The third-order valence-electron chi connectivity index (χ3n) is 6.75. The lowest BCUT2D eigenvalue weighted by atomic mass is 9.96. The molecule has 0 N–H and O–H groups in total. The number of fused-ring (bicyclic) bond motifs is 1. The Morgan fingerprint density at radius 3 is 2.26 bits per heavy atom. The number of ether oxygens (including phenoxy) is 3. The molecule has 1 aromatic heterocycles. The fourth-order valence-electron chi connectivity index (χ4n) is 4.71. The van der Waals surface area contributed by atoms with Crippen LogP contribution in [0, 0.1) is 10.1 Å². The molecule has 1 atom stereocenters. The van der Waals surface area contributed by atoms with E-state index in [1.54, 1.807) is 48.8 Å². The molecule has 0 saturated heterocycles. The lowest BCUT2D eigenvalue weighted by Crippen LogP contribution is -2.39. The number of aromatic nitrogens is 1. The average Bonchev–Trinajstić information content (AvgIpc) is 3.30. The van der Waals surface area contributed by atoms with E-state index in [1.807, 2.05) is 43.3 Å². The van der Waals surface area contributed by atoms with Crippen LogP contribution in [0.1, 0.15) is 43.5 Å². The number of nitro benzene ring substituents is 1. The Morgan fingerprint density at radius 1 is 0.977 bits per heavy atom. The Balaban J connectivity index is 1.44. The molecule has 0 spiro atoms. The zero-order valence-corrected chi connectivity index (χ0v) is 24.6. The Kier molecular flexibility index (Phi) is 8.82. The van der Waals surface area contributed by atoms with E-state index in [4.69, 9.17) is 14.2 Å². The van der Waals surface area contributed by atoms with E-state index in [0.29, 0.717) is 38.7 Å². The minimum Gasteiger partial charge on any atom is -0.494 e. The summed E-state index contributed by atoms with van der Waals surface area (Å²) in [5.41, 5.74) is 2.90. The number of benzene rings is 3. The van der Waals surface area contributed by atoms with Crippen molar-refractivity contribution in [2.45, 2.75) is 33.4 Å². The van der Waals surface area contributed by atoms with Gasteiger partial charge >= 0.3 is 5.97 Å². The third-order valence-corrected chi connectivity index (χ3v) is 7.74. The van der Waals surface area contributed by atoms with Crippen molar-refractivity contribution in [2.24, 2.45) is 4.99 Å². The van der Waals surface area contributed by atoms with Gasteiger partial charge in [-0.3, -0.25) is 19.5 Å². The minimum atomic E-state index is -0.705. The van der Waals surface area contributed by atoms with Gasteiger partial charge in [0.05, 0.1) is 40.0 Å². The molecule has 43 heavy (non-hydrogen) atoms. The minimum absolute atomic E-state index is 0.0245. The molecule has 1 aliphatic heterocycles. The topological polar surface area (TPSA) is 122 Å². The van der Waals surface area contributed by atoms with Gasteiger partial charge in [-0.25, -0.2) is 9.79 Å². The molecule has 0 aliphatic carbocycles. The number of rotatable bonds is 10. The number of esters is 1. The van der Waals surface area contributed by atoms with Gasteiger partial charge < -0.3 is 14.2 Å². The number of carbonyl (C=O) groups is 1. The first kappa shape index (κ1) is 29.5. The molecule has 4 aromatic rings. The molecule has 0 amide bonds. The fraction of sp³-hybridized carbons (Fsp3) is 0.219. The van der Waals surface area contributed by atoms with Gasteiger partial charge in [0.1, 0.15) is 18.1 Å². The molecule has 0 bridgehead atoms. The summed E-state index contributed by atoms with van der Waals surface area (Å²) in [6, 6.07) is 20.1. The fourth-order valence-corrected chi connectivity index (χ4v) is 5.76. The molecule has 10 nitrogen and oxygen atoms in total. The summed E-state index contributed by atoms with van der Waals surface area (Å²) in [6.45, 7) is 6.36. The van der Waals surface area contributed by atoms with Crippen molar-refractivity contribution in [2.75, 3.05) is 13.2 Å². The first-order valence-electron chi connectivity index (χ1n) is 13.7. The van der Waals surface area contributed by atoms with E-state index in [1.165, 1.54) is 23.5 Å². The lowest BCUT2D eigenvalue weighted by molar-refractivity contribution is -0.384. The zero-order valence-electron chi connectivity index (χ0n) is 23.8. The first-order chi connectivity index (χ1) is 20.8. The van der Waals surface area contributed by atoms with Gasteiger partial charge in [-0.05, 0) is 79.9 Å².